The van der Waals surface area contributed by atoms with Crippen LogP contribution in [0.2, 0.25) is 0 Å². The van der Waals surface area contributed by atoms with Crippen molar-refractivity contribution in [3.8, 4) is 0 Å². The summed E-state index contributed by atoms with van der Waals surface area (Å²) in [6.45, 7) is 2.29. The largest absolute Gasteiger partial charge is 0.384 e. The molecular weight excluding hydrogens is 374 g/mol. The van der Waals surface area contributed by atoms with Gasteiger partial charge in [-0.3, -0.25) is 28.4 Å². The fourth-order valence-corrected chi connectivity index (χ4v) is 3.78. The van der Waals surface area contributed by atoms with Gasteiger partial charge in [-0.15, -0.1) is 0 Å². The molecule has 2 aromatic rings. The van der Waals surface area contributed by atoms with Crippen molar-refractivity contribution in [2.24, 2.45) is 5.73 Å². The molecule has 2 heterocycles. The molecule has 9 heteroatoms. The van der Waals surface area contributed by atoms with Crippen molar-refractivity contribution < 1.29 is 9.59 Å². The Balaban J connectivity index is 2.03. The predicted octanol–water partition coefficient (Wildman–Crippen LogP) is -0.207. The van der Waals surface area contributed by atoms with Crippen molar-refractivity contribution in [3.05, 3.63) is 62.3 Å². The van der Waals surface area contributed by atoms with Crippen LogP contribution in [0.3, 0.4) is 0 Å². The molecule has 3 rings (SSSR count). The van der Waals surface area contributed by atoms with E-state index in [0.29, 0.717) is 13.0 Å². The first-order chi connectivity index (χ1) is 13.8. The minimum atomic E-state index is -0.709. The van der Waals surface area contributed by atoms with E-state index in [-0.39, 0.29) is 31.0 Å². The van der Waals surface area contributed by atoms with Gasteiger partial charge in [0.15, 0.2) is 5.78 Å². The normalized spacial score (nSPS) is 16.8. The second kappa shape index (κ2) is 8.44. The number of hydrogen-bond donors (Lipinski definition) is 2. The van der Waals surface area contributed by atoms with E-state index in [2.05, 4.69) is 0 Å². The molecule has 1 aliphatic rings. The number of anilines is 1. The van der Waals surface area contributed by atoms with Crippen molar-refractivity contribution in [2.75, 3.05) is 18.8 Å². The number of nitrogens with two attached hydrogens (primary N) is 2. The first-order valence-electron chi connectivity index (χ1n) is 9.58. The Kier molecular flexibility index (Phi) is 5.97. The summed E-state index contributed by atoms with van der Waals surface area (Å²) in [4.78, 5) is 51.8. The van der Waals surface area contributed by atoms with Crippen molar-refractivity contribution in [1.82, 2.24) is 14.0 Å². The van der Waals surface area contributed by atoms with Gasteiger partial charge in [0.2, 0.25) is 5.91 Å². The van der Waals surface area contributed by atoms with Gasteiger partial charge in [-0.1, -0.05) is 30.3 Å². The molecule has 1 aromatic carbocycles. The van der Waals surface area contributed by atoms with E-state index >= 15 is 0 Å². The summed E-state index contributed by atoms with van der Waals surface area (Å²) in [7, 11) is 0. The Morgan fingerprint density at radius 1 is 1.14 bits per heavy atom. The van der Waals surface area contributed by atoms with Crippen molar-refractivity contribution >= 4 is 17.5 Å². The predicted molar refractivity (Wildman–Crippen MR) is 109 cm³/mol. The summed E-state index contributed by atoms with van der Waals surface area (Å²) in [5.41, 5.74) is 10.9. The summed E-state index contributed by atoms with van der Waals surface area (Å²) >= 11 is 0. The molecule has 29 heavy (non-hydrogen) atoms. The van der Waals surface area contributed by atoms with Crippen LogP contribution in [0.5, 0.6) is 0 Å². The Hall–Kier alpha value is -3.20. The second-order valence-electron chi connectivity index (χ2n) is 7.12. The zero-order valence-corrected chi connectivity index (χ0v) is 16.3. The Morgan fingerprint density at radius 3 is 2.45 bits per heavy atom. The summed E-state index contributed by atoms with van der Waals surface area (Å²) in [5, 5.41) is 0. The van der Waals surface area contributed by atoms with E-state index in [1.165, 1.54) is 4.57 Å². The number of likely N-dealkylation sites (tertiary alicyclic amines) is 1. The quantitative estimate of drug-likeness (QED) is 0.619. The molecule has 1 atom stereocenters. The highest BCUT2D eigenvalue weighted by molar-refractivity contribution is 6.01. The lowest BCUT2D eigenvalue weighted by Gasteiger charge is -2.22. The van der Waals surface area contributed by atoms with Crippen LogP contribution in [0.15, 0.2) is 39.9 Å². The number of rotatable bonds is 7. The van der Waals surface area contributed by atoms with Crippen LogP contribution < -0.4 is 22.7 Å². The van der Waals surface area contributed by atoms with Crippen LogP contribution in [0.25, 0.3) is 0 Å². The first-order valence-corrected chi connectivity index (χ1v) is 9.58. The van der Waals surface area contributed by atoms with Gasteiger partial charge in [-0.2, -0.15) is 0 Å². The average Bonchev–Trinajstić information content (AvgIpc) is 3.15. The van der Waals surface area contributed by atoms with Crippen LogP contribution in [0, 0.1) is 0 Å². The third kappa shape index (κ3) is 4.00. The smallest absolute Gasteiger partial charge is 0.332 e. The number of primary amides is 1. The summed E-state index contributed by atoms with van der Waals surface area (Å²) in [6, 6.07) is 8.63. The van der Waals surface area contributed by atoms with Crippen molar-refractivity contribution in [3.63, 3.8) is 0 Å². The summed E-state index contributed by atoms with van der Waals surface area (Å²) in [6.07, 6.45) is 1.31. The molecule has 1 aromatic heterocycles. The minimum absolute atomic E-state index is 0.112. The topological polar surface area (TPSA) is 133 Å². The number of aromatic nitrogens is 2. The van der Waals surface area contributed by atoms with Crippen LogP contribution in [0.4, 0.5) is 5.82 Å². The van der Waals surface area contributed by atoms with Crippen LogP contribution in [0.1, 0.15) is 35.7 Å². The lowest BCUT2D eigenvalue weighted by molar-refractivity contribution is -0.122. The molecule has 1 saturated heterocycles. The van der Waals surface area contributed by atoms with Gasteiger partial charge in [0, 0.05) is 6.54 Å². The van der Waals surface area contributed by atoms with Gasteiger partial charge >= 0.3 is 5.69 Å². The highest BCUT2D eigenvalue weighted by Gasteiger charge is 2.32. The van der Waals surface area contributed by atoms with Gasteiger partial charge in [0.1, 0.15) is 11.4 Å². The summed E-state index contributed by atoms with van der Waals surface area (Å²) < 4.78 is 2.24. The van der Waals surface area contributed by atoms with Gasteiger partial charge in [0.05, 0.1) is 19.1 Å². The number of Topliss-reactive ketones (excluding diaryl/α,β-unsaturated/α-hetero) is 1. The molecule has 0 spiro atoms. The molecule has 0 bridgehead atoms. The fraction of sp³-hybridized carbons (Fsp3) is 0.400. The fourth-order valence-electron chi connectivity index (χ4n) is 3.78. The molecule has 154 valence electrons. The van der Waals surface area contributed by atoms with Crippen LogP contribution in [-0.2, 0) is 17.9 Å². The molecule has 4 N–H and O–H groups in total. The molecule has 1 fully saturated rings. The number of carbonyl (C=O) groups is 2. The Labute approximate surface area is 167 Å². The molecular formula is C20H25N5O4. The zero-order chi connectivity index (χ0) is 21.1. The van der Waals surface area contributed by atoms with E-state index in [0.717, 1.165) is 16.6 Å². The van der Waals surface area contributed by atoms with E-state index in [1.54, 1.807) is 11.8 Å². The number of hydrogen-bond acceptors (Lipinski definition) is 6. The first kappa shape index (κ1) is 20.5. The zero-order valence-electron chi connectivity index (χ0n) is 16.3. The van der Waals surface area contributed by atoms with E-state index in [4.69, 9.17) is 11.5 Å². The van der Waals surface area contributed by atoms with E-state index in [1.807, 2.05) is 30.3 Å². The minimum Gasteiger partial charge on any atom is -0.384 e. The van der Waals surface area contributed by atoms with Gasteiger partial charge < -0.3 is 11.5 Å². The molecule has 9 nitrogen and oxygen atoms in total. The number of benzene rings is 1. The van der Waals surface area contributed by atoms with E-state index < -0.39 is 29.0 Å². The number of ketones is 1. The van der Waals surface area contributed by atoms with Gasteiger partial charge in [0.25, 0.3) is 5.56 Å². The average molecular weight is 399 g/mol. The molecule has 1 aliphatic heterocycles. The van der Waals surface area contributed by atoms with Gasteiger partial charge in [-0.05, 0) is 31.9 Å². The molecule has 0 unspecified atom stereocenters. The highest BCUT2D eigenvalue weighted by atomic mass is 16.2. The molecule has 0 radical (unpaired) electrons. The number of carbonyl (C=O) groups excluding carboxylic acids is 2. The number of amides is 1. The monoisotopic (exact) mass is 399 g/mol. The molecule has 1 amide bonds. The number of nitrogen functional groups attached to an aromatic ring is 1. The summed E-state index contributed by atoms with van der Waals surface area (Å²) in [5.74, 6) is -1.18. The van der Waals surface area contributed by atoms with E-state index in [9.17, 15) is 19.2 Å². The maximum Gasteiger partial charge on any atom is 0.332 e. The lowest BCUT2D eigenvalue weighted by Crippen LogP contribution is -2.47. The second-order valence-corrected chi connectivity index (χ2v) is 7.12. The third-order valence-corrected chi connectivity index (χ3v) is 5.29. The van der Waals surface area contributed by atoms with Crippen LogP contribution >= 0.6 is 0 Å². The van der Waals surface area contributed by atoms with Crippen molar-refractivity contribution in [1.29, 1.82) is 0 Å². The molecule has 0 aliphatic carbocycles. The van der Waals surface area contributed by atoms with Crippen molar-refractivity contribution in [2.45, 2.75) is 38.9 Å². The maximum atomic E-state index is 13.0. The maximum absolute atomic E-state index is 13.0. The standard InChI is InChI=1S/C20H25N5O4/c1-2-24-19(28)16(15(26)12-23-10-6-9-14(23)18(22)27)17(21)25(20(24)29)11-13-7-4-3-5-8-13/h3-5,7-8,14H,2,6,9-12,21H2,1H3,(H2,22,27)/t14-/m0/s1. The Morgan fingerprint density at radius 2 is 1.83 bits per heavy atom. The SMILES string of the molecule is CCn1c(=O)c(C(=O)CN2CCC[C@H]2C(N)=O)c(N)n(Cc2ccccc2)c1=O. The highest BCUT2D eigenvalue weighted by Crippen LogP contribution is 2.18. The van der Waals surface area contributed by atoms with Crippen LogP contribution in [-0.4, -0.2) is 44.9 Å². The molecule has 0 saturated carbocycles. The lowest BCUT2D eigenvalue weighted by atomic mass is 10.1. The Bertz CT molecular complexity index is 1040. The third-order valence-electron chi connectivity index (χ3n) is 5.29. The van der Waals surface area contributed by atoms with Gasteiger partial charge in [-0.25, -0.2) is 4.79 Å². The number of nitrogens with zero attached hydrogens (tertiary/aromatic N) is 3.